The molecule has 13 heavy (non-hydrogen) atoms. The first-order valence-electron chi connectivity index (χ1n) is 3.65. The highest BCUT2D eigenvalue weighted by Gasteiger charge is 2.02. The van der Waals surface area contributed by atoms with Crippen LogP contribution in [0.15, 0.2) is 30.4 Å². The number of hydrogen-bond donors (Lipinski definition) is 0. The predicted molar refractivity (Wildman–Crippen MR) is 54.9 cm³/mol. The van der Waals surface area contributed by atoms with Gasteiger partial charge in [-0.15, -0.1) is 0 Å². The Labute approximate surface area is 87.2 Å². The molecule has 0 aliphatic carbocycles. The first-order valence-corrected chi connectivity index (χ1v) is 4.41. The van der Waals surface area contributed by atoms with Gasteiger partial charge in [-0.2, -0.15) is 5.26 Å². The monoisotopic (exact) mass is 211 g/mol. The predicted octanol–water partition coefficient (Wildman–Crippen LogP) is 3.62. The third-order valence-electron chi connectivity index (χ3n) is 1.58. The molecule has 0 aliphatic heterocycles. The molecule has 1 rings (SSSR count). The van der Waals surface area contributed by atoms with Gasteiger partial charge in [0.15, 0.2) is 0 Å². The maximum atomic E-state index is 8.52. The van der Waals surface area contributed by atoms with E-state index in [-0.39, 0.29) is 0 Å². The first kappa shape index (κ1) is 10.1. The molecule has 0 atom stereocenters. The minimum Gasteiger partial charge on any atom is -0.193 e. The Bertz CT molecular complexity index is 377. The van der Waals surface area contributed by atoms with Gasteiger partial charge in [0.05, 0.1) is 6.07 Å². The highest BCUT2D eigenvalue weighted by atomic mass is 35.5. The van der Waals surface area contributed by atoms with Crippen LogP contribution in [-0.4, -0.2) is 0 Å². The van der Waals surface area contributed by atoms with E-state index < -0.39 is 0 Å². The highest BCUT2D eigenvalue weighted by Crippen LogP contribution is 2.22. The molecule has 0 aliphatic rings. The van der Waals surface area contributed by atoms with Crippen molar-refractivity contribution in [3.8, 4) is 6.07 Å². The van der Waals surface area contributed by atoms with E-state index >= 15 is 0 Å². The van der Waals surface area contributed by atoms with Gasteiger partial charge in [0, 0.05) is 22.0 Å². The van der Waals surface area contributed by atoms with E-state index in [1.807, 2.05) is 6.07 Å². The number of nitriles is 1. The van der Waals surface area contributed by atoms with Crippen LogP contribution in [0.2, 0.25) is 10.0 Å². The van der Waals surface area contributed by atoms with Crippen molar-refractivity contribution >= 4 is 23.2 Å². The molecule has 0 heterocycles. The third kappa shape index (κ3) is 2.77. The van der Waals surface area contributed by atoms with Crippen molar-refractivity contribution in [2.45, 2.75) is 6.42 Å². The van der Waals surface area contributed by atoms with Crippen molar-refractivity contribution in [3.63, 3.8) is 0 Å². The molecule has 66 valence electrons. The molecule has 0 amide bonds. The summed E-state index contributed by atoms with van der Waals surface area (Å²) in [6.07, 6.45) is 0.479. The fraction of sp³-hybridized carbons (Fsp3) is 0.100. The lowest BCUT2D eigenvalue weighted by molar-refractivity contribution is 1.21. The van der Waals surface area contributed by atoms with Gasteiger partial charge < -0.3 is 0 Å². The number of hydrogen-bond acceptors (Lipinski definition) is 1. The molecule has 0 saturated heterocycles. The zero-order chi connectivity index (χ0) is 9.84. The summed E-state index contributed by atoms with van der Waals surface area (Å²) in [4.78, 5) is 0. The summed E-state index contributed by atoms with van der Waals surface area (Å²) < 4.78 is 0. The average molecular weight is 212 g/mol. The van der Waals surface area contributed by atoms with Crippen LogP contribution in [0.5, 0.6) is 0 Å². The van der Waals surface area contributed by atoms with E-state index in [0.717, 1.165) is 5.56 Å². The van der Waals surface area contributed by atoms with Crippen LogP contribution in [0.25, 0.3) is 0 Å². The Morgan fingerprint density at radius 2 is 2.15 bits per heavy atom. The van der Waals surface area contributed by atoms with Crippen LogP contribution < -0.4 is 0 Å². The molecule has 0 aromatic heterocycles. The van der Waals surface area contributed by atoms with Crippen LogP contribution in [0.4, 0.5) is 0 Å². The van der Waals surface area contributed by atoms with Crippen LogP contribution in [0.3, 0.4) is 0 Å². The second-order valence-corrected chi connectivity index (χ2v) is 3.47. The van der Waals surface area contributed by atoms with Gasteiger partial charge in [-0.25, -0.2) is 0 Å². The van der Waals surface area contributed by atoms with Gasteiger partial charge in [0.25, 0.3) is 0 Å². The van der Waals surface area contributed by atoms with Crippen molar-refractivity contribution in [2.75, 3.05) is 0 Å². The molecule has 0 saturated carbocycles. The lowest BCUT2D eigenvalue weighted by Crippen LogP contribution is -1.87. The Morgan fingerprint density at radius 1 is 1.46 bits per heavy atom. The number of benzene rings is 1. The van der Waals surface area contributed by atoms with E-state index in [0.29, 0.717) is 22.0 Å². The fourth-order valence-corrected chi connectivity index (χ4v) is 1.41. The maximum absolute atomic E-state index is 8.52. The van der Waals surface area contributed by atoms with Gasteiger partial charge in [0.1, 0.15) is 0 Å². The van der Waals surface area contributed by atoms with Crippen molar-refractivity contribution in [2.24, 2.45) is 0 Å². The highest BCUT2D eigenvalue weighted by molar-refractivity contribution is 6.35. The normalized spacial score (nSPS) is 9.31. The summed E-state index contributed by atoms with van der Waals surface area (Å²) in [5, 5.41) is 9.69. The second kappa shape index (κ2) is 4.32. The lowest BCUT2D eigenvalue weighted by atomic mass is 10.1. The zero-order valence-electron chi connectivity index (χ0n) is 6.85. The number of nitrogens with zero attached hydrogens (tertiary/aromatic N) is 1. The zero-order valence-corrected chi connectivity index (χ0v) is 8.36. The molecule has 0 radical (unpaired) electrons. The van der Waals surface area contributed by atoms with E-state index in [1.165, 1.54) is 0 Å². The number of halogens is 2. The van der Waals surface area contributed by atoms with E-state index in [1.54, 1.807) is 18.2 Å². The Balaban J connectivity index is 2.91. The molecule has 3 heteroatoms. The summed E-state index contributed by atoms with van der Waals surface area (Å²) >= 11 is 11.6. The average Bonchev–Trinajstić information content (AvgIpc) is 2.09. The van der Waals surface area contributed by atoms with Crippen LogP contribution in [0.1, 0.15) is 5.56 Å². The van der Waals surface area contributed by atoms with Gasteiger partial charge in [0.2, 0.25) is 0 Å². The van der Waals surface area contributed by atoms with Crippen LogP contribution >= 0.6 is 23.2 Å². The molecule has 0 N–H and O–H groups in total. The van der Waals surface area contributed by atoms with Crippen LogP contribution in [0, 0.1) is 11.3 Å². The summed E-state index contributed by atoms with van der Waals surface area (Å²) in [5.74, 6) is 0. The minimum atomic E-state index is 0.479. The molecule has 0 unspecified atom stereocenters. The third-order valence-corrected chi connectivity index (χ3v) is 2.16. The van der Waals surface area contributed by atoms with Crippen molar-refractivity contribution in [1.82, 2.24) is 0 Å². The van der Waals surface area contributed by atoms with E-state index in [4.69, 9.17) is 28.5 Å². The Morgan fingerprint density at radius 3 is 2.69 bits per heavy atom. The number of rotatable bonds is 2. The molecule has 1 aromatic carbocycles. The fourth-order valence-electron chi connectivity index (χ4n) is 0.934. The van der Waals surface area contributed by atoms with Crippen molar-refractivity contribution < 1.29 is 0 Å². The minimum absolute atomic E-state index is 0.479. The van der Waals surface area contributed by atoms with Crippen molar-refractivity contribution in [3.05, 3.63) is 46.0 Å². The SMILES string of the molecule is C=C(C#N)Cc1ccc(Cl)cc1Cl. The quantitative estimate of drug-likeness (QED) is 0.687. The van der Waals surface area contributed by atoms with Gasteiger partial charge in [-0.1, -0.05) is 35.8 Å². The molecule has 1 aromatic rings. The van der Waals surface area contributed by atoms with Crippen LogP contribution in [-0.2, 0) is 6.42 Å². The molecular formula is C10H7Cl2N. The summed E-state index contributed by atoms with van der Waals surface area (Å²) in [6.45, 7) is 3.58. The molecule has 0 bridgehead atoms. The standard InChI is InChI=1S/C10H7Cl2N/c1-7(6-13)4-8-2-3-9(11)5-10(8)12/h2-3,5H,1,4H2. The molecular weight excluding hydrogens is 205 g/mol. The lowest BCUT2D eigenvalue weighted by Gasteiger charge is -2.02. The molecule has 0 spiro atoms. The largest absolute Gasteiger partial charge is 0.193 e. The topological polar surface area (TPSA) is 23.8 Å². The van der Waals surface area contributed by atoms with Crippen molar-refractivity contribution in [1.29, 1.82) is 5.26 Å². The Hall–Kier alpha value is -0.970. The molecule has 0 fully saturated rings. The Kier molecular flexibility index (Phi) is 3.36. The van der Waals surface area contributed by atoms with Gasteiger partial charge in [-0.3, -0.25) is 0 Å². The number of allylic oxidation sites excluding steroid dienone is 1. The first-order chi connectivity index (χ1) is 6.13. The van der Waals surface area contributed by atoms with E-state index in [2.05, 4.69) is 6.58 Å². The molecule has 1 nitrogen and oxygen atoms in total. The van der Waals surface area contributed by atoms with Gasteiger partial charge in [-0.05, 0) is 17.7 Å². The summed E-state index contributed by atoms with van der Waals surface area (Å²) in [7, 11) is 0. The van der Waals surface area contributed by atoms with E-state index in [9.17, 15) is 0 Å². The van der Waals surface area contributed by atoms with Gasteiger partial charge >= 0.3 is 0 Å². The summed E-state index contributed by atoms with van der Waals surface area (Å²) in [6, 6.07) is 7.17. The maximum Gasteiger partial charge on any atom is 0.0944 e. The summed E-state index contributed by atoms with van der Waals surface area (Å²) in [5.41, 5.74) is 1.36. The second-order valence-electron chi connectivity index (χ2n) is 2.63. The smallest absolute Gasteiger partial charge is 0.0944 e.